The van der Waals surface area contributed by atoms with E-state index in [1.165, 1.54) is 0 Å². The smallest absolute Gasteiger partial charge is 0.408 e. The van der Waals surface area contributed by atoms with Gasteiger partial charge in [0.2, 0.25) is 0 Å². The largest absolute Gasteiger partial charge is 0.480 e. The Bertz CT molecular complexity index is 327. The predicted molar refractivity (Wildman–Crippen MR) is 70.9 cm³/mol. The topological polar surface area (TPSA) is 95.9 Å². The summed E-state index contributed by atoms with van der Waals surface area (Å²) in [6.07, 6.45) is -1.78. The molecule has 0 aromatic carbocycles. The molecule has 0 aliphatic heterocycles. The molecule has 19 heavy (non-hydrogen) atoms. The van der Waals surface area contributed by atoms with E-state index < -0.39 is 29.8 Å². The summed E-state index contributed by atoms with van der Waals surface area (Å²) in [5.41, 5.74) is -0.967. The lowest BCUT2D eigenvalue weighted by atomic mass is 9.87. The van der Waals surface area contributed by atoms with Crippen molar-refractivity contribution in [2.24, 2.45) is 5.41 Å². The molecule has 0 aliphatic carbocycles. The number of aliphatic hydroxyl groups excluding tert-OH is 1. The summed E-state index contributed by atoms with van der Waals surface area (Å²) in [5, 5.41) is 21.2. The van der Waals surface area contributed by atoms with Crippen LogP contribution in [0.1, 0.15) is 48.0 Å². The zero-order valence-corrected chi connectivity index (χ0v) is 12.5. The van der Waals surface area contributed by atoms with Crippen LogP contribution in [0.3, 0.4) is 0 Å². The number of rotatable bonds is 4. The minimum absolute atomic E-state index is 0.247. The lowest BCUT2D eigenvalue weighted by Crippen LogP contribution is -2.51. The van der Waals surface area contributed by atoms with Gasteiger partial charge in [0.1, 0.15) is 5.60 Å². The van der Waals surface area contributed by atoms with Gasteiger partial charge in [0.15, 0.2) is 6.04 Å². The van der Waals surface area contributed by atoms with Crippen LogP contribution < -0.4 is 5.32 Å². The van der Waals surface area contributed by atoms with Crippen molar-refractivity contribution in [3.05, 3.63) is 0 Å². The monoisotopic (exact) mass is 275 g/mol. The lowest BCUT2D eigenvalue weighted by molar-refractivity contribution is -0.143. The van der Waals surface area contributed by atoms with Crippen LogP contribution in [0.5, 0.6) is 0 Å². The fourth-order valence-corrected chi connectivity index (χ4v) is 1.50. The van der Waals surface area contributed by atoms with Gasteiger partial charge in [0.05, 0.1) is 6.10 Å². The van der Waals surface area contributed by atoms with Crippen molar-refractivity contribution in [2.45, 2.75) is 65.7 Å². The molecule has 0 aromatic heterocycles. The van der Waals surface area contributed by atoms with E-state index in [-0.39, 0.29) is 11.8 Å². The van der Waals surface area contributed by atoms with Gasteiger partial charge in [0, 0.05) is 0 Å². The van der Waals surface area contributed by atoms with E-state index in [1.54, 1.807) is 20.8 Å². The van der Waals surface area contributed by atoms with Crippen LogP contribution in [0.15, 0.2) is 0 Å². The Balaban J connectivity index is 4.67. The molecule has 0 spiro atoms. The summed E-state index contributed by atoms with van der Waals surface area (Å²) < 4.78 is 4.97. The molecule has 0 saturated carbocycles. The number of alkyl carbamates (subject to hydrolysis) is 1. The van der Waals surface area contributed by atoms with Crippen LogP contribution >= 0.6 is 0 Å². The summed E-state index contributed by atoms with van der Waals surface area (Å²) in [6, 6.07) is -1.38. The highest BCUT2D eigenvalue weighted by Crippen LogP contribution is 2.22. The number of hydrogen-bond donors (Lipinski definition) is 3. The molecule has 0 fully saturated rings. The van der Waals surface area contributed by atoms with Gasteiger partial charge < -0.3 is 20.3 Å². The van der Waals surface area contributed by atoms with Crippen molar-refractivity contribution in [1.29, 1.82) is 0 Å². The van der Waals surface area contributed by atoms with Crippen molar-refractivity contribution in [1.82, 2.24) is 5.32 Å². The second-order valence-electron chi connectivity index (χ2n) is 6.79. The van der Waals surface area contributed by atoms with Crippen molar-refractivity contribution >= 4 is 12.1 Å². The maximum Gasteiger partial charge on any atom is 0.408 e. The fraction of sp³-hybridized carbons (Fsp3) is 0.846. The van der Waals surface area contributed by atoms with Crippen LogP contribution in [0, 0.1) is 5.41 Å². The molecule has 112 valence electrons. The van der Waals surface area contributed by atoms with Gasteiger partial charge in [0.25, 0.3) is 0 Å². The minimum Gasteiger partial charge on any atom is -0.480 e. The number of amides is 1. The van der Waals surface area contributed by atoms with Gasteiger partial charge in [-0.2, -0.15) is 0 Å². The Kier molecular flexibility index (Phi) is 5.81. The van der Waals surface area contributed by atoms with Crippen molar-refractivity contribution < 1.29 is 24.5 Å². The molecule has 0 aliphatic rings. The molecule has 1 amide bonds. The molecule has 6 nitrogen and oxygen atoms in total. The zero-order valence-electron chi connectivity index (χ0n) is 12.5. The molecule has 3 N–H and O–H groups in total. The highest BCUT2D eigenvalue weighted by atomic mass is 16.6. The average Bonchev–Trinajstić information content (AvgIpc) is 2.07. The Morgan fingerprint density at radius 3 is 1.95 bits per heavy atom. The molecule has 2 unspecified atom stereocenters. The first-order valence-corrected chi connectivity index (χ1v) is 6.22. The molecular weight excluding hydrogens is 250 g/mol. The van der Waals surface area contributed by atoms with Crippen molar-refractivity contribution in [2.75, 3.05) is 0 Å². The van der Waals surface area contributed by atoms with E-state index in [0.717, 1.165) is 0 Å². The Labute approximate surface area is 114 Å². The Morgan fingerprint density at radius 1 is 1.16 bits per heavy atom. The number of ether oxygens (including phenoxy) is 1. The van der Waals surface area contributed by atoms with E-state index in [4.69, 9.17) is 9.84 Å². The number of carbonyl (C=O) groups is 2. The van der Waals surface area contributed by atoms with E-state index in [1.807, 2.05) is 20.8 Å². The van der Waals surface area contributed by atoms with Crippen molar-refractivity contribution in [3.63, 3.8) is 0 Å². The number of carboxylic acid groups (broad SMARTS) is 1. The Hall–Kier alpha value is -1.30. The normalized spacial score (nSPS) is 15.5. The van der Waals surface area contributed by atoms with Gasteiger partial charge in [-0.1, -0.05) is 20.8 Å². The maximum atomic E-state index is 11.5. The first-order valence-electron chi connectivity index (χ1n) is 6.22. The number of aliphatic carboxylic acids is 1. The van der Waals surface area contributed by atoms with Crippen LogP contribution in [0.25, 0.3) is 0 Å². The highest BCUT2D eigenvalue weighted by Gasteiger charge is 2.32. The molecule has 0 bridgehead atoms. The average molecular weight is 275 g/mol. The Morgan fingerprint density at radius 2 is 1.63 bits per heavy atom. The van der Waals surface area contributed by atoms with Gasteiger partial charge in [-0.25, -0.2) is 9.59 Å². The highest BCUT2D eigenvalue weighted by molar-refractivity contribution is 5.80. The fourth-order valence-electron chi connectivity index (χ4n) is 1.50. The summed E-state index contributed by atoms with van der Waals surface area (Å²) in [5.74, 6) is -1.29. The maximum absolute atomic E-state index is 11.5. The van der Waals surface area contributed by atoms with Crippen LogP contribution in [-0.4, -0.2) is 40.0 Å². The molecule has 0 rings (SSSR count). The lowest BCUT2D eigenvalue weighted by Gasteiger charge is -2.28. The number of hydrogen-bond acceptors (Lipinski definition) is 4. The molecular formula is C13H25NO5. The van der Waals surface area contributed by atoms with E-state index >= 15 is 0 Å². The molecule has 2 atom stereocenters. The first kappa shape index (κ1) is 17.7. The van der Waals surface area contributed by atoms with Crippen molar-refractivity contribution in [3.8, 4) is 0 Å². The van der Waals surface area contributed by atoms with Gasteiger partial charge in [-0.05, 0) is 32.6 Å². The number of carboxylic acids is 1. The predicted octanol–water partition coefficient (Wildman–Crippen LogP) is 1.76. The summed E-state index contributed by atoms with van der Waals surface area (Å²) >= 11 is 0. The minimum atomic E-state index is -1.38. The SMILES string of the molecule is CC(C)(C)CC(O)C(NC(=O)OC(C)(C)C)C(=O)O. The number of aliphatic hydroxyl groups is 1. The van der Waals surface area contributed by atoms with E-state index in [9.17, 15) is 14.7 Å². The van der Waals surface area contributed by atoms with Gasteiger partial charge >= 0.3 is 12.1 Å². The van der Waals surface area contributed by atoms with Gasteiger partial charge in [-0.3, -0.25) is 0 Å². The molecule has 0 saturated heterocycles. The second-order valence-corrected chi connectivity index (χ2v) is 6.79. The van der Waals surface area contributed by atoms with E-state index in [0.29, 0.717) is 0 Å². The van der Waals surface area contributed by atoms with Gasteiger partial charge in [-0.15, -0.1) is 0 Å². The number of nitrogens with one attached hydrogen (secondary N) is 1. The number of carbonyl (C=O) groups excluding carboxylic acids is 1. The van der Waals surface area contributed by atoms with Crippen LogP contribution in [0.4, 0.5) is 4.79 Å². The summed E-state index contributed by atoms with van der Waals surface area (Å²) in [7, 11) is 0. The van der Waals surface area contributed by atoms with Crippen LogP contribution in [0.2, 0.25) is 0 Å². The third-order valence-electron chi connectivity index (χ3n) is 2.14. The standard InChI is InChI=1S/C13H25NO5/c1-12(2,3)7-8(15)9(10(16)17)14-11(18)19-13(4,5)6/h8-9,15H,7H2,1-6H3,(H,14,18)(H,16,17). The third-order valence-corrected chi connectivity index (χ3v) is 2.14. The zero-order chi connectivity index (χ0) is 15.4. The molecule has 0 radical (unpaired) electrons. The molecule has 0 heterocycles. The quantitative estimate of drug-likeness (QED) is 0.726. The second kappa shape index (κ2) is 6.23. The summed E-state index contributed by atoms with van der Waals surface area (Å²) in [6.45, 7) is 10.7. The third kappa shape index (κ3) is 8.42. The first-order chi connectivity index (χ1) is 8.32. The molecule has 6 heteroatoms. The summed E-state index contributed by atoms with van der Waals surface area (Å²) in [4.78, 5) is 22.6. The van der Waals surface area contributed by atoms with E-state index in [2.05, 4.69) is 5.32 Å². The molecule has 0 aromatic rings. The van der Waals surface area contributed by atoms with Crippen LogP contribution in [-0.2, 0) is 9.53 Å².